The van der Waals surface area contributed by atoms with Crippen LogP contribution in [0.4, 0.5) is 40.9 Å². The normalized spacial score (nSPS) is 19.4. The van der Waals surface area contributed by atoms with Crippen molar-refractivity contribution in [2.75, 3.05) is 18.8 Å². The molecular weight excluding hydrogens is 572 g/mol. The van der Waals surface area contributed by atoms with Gasteiger partial charge in [-0.05, 0) is 37.6 Å². The lowest BCUT2D eigenvalue weighted by Crippen LogP contribution is -2.47. The Morgan fingerprint density at radius 1 is 1.15 bits per heavy atom. The first-order chi connectivity index (χ1) is 18.8. The second-order valence-electron chi connectivity index (χ2n) is 9.82. The minimum Gasteiger partial charge on any atom is -0.382 e. The molecule has 3 aromatic rings. The smallest absolute Gasteiger partial charge is 0.382 e. The van der Waals surface area contributed by atoms with Crippen molar-refractivity contribution in [3.63, 3.8) is 0 Å². The second-order valence-corrected chi connectivity index (χ2v) is 9.82. The number of amides is 2. The fraction of sp³-hybridized carbons (Fsp3) is 0.417. The van der Waals surface area contributed by atoms with E-state index in [9.17, 15) is 49.8 Å². The number of rotatable bonds is 5. The minimum atomic E-state index is -5.12. The molecule has 1 aliphatic heterocycles. The number of halogens is 8. The molecule has 2 aromatic heterocycles. The molecule has 3 heterocycles. The molecule has 0 spiro atoms. The molecule has 1 fully saturated rings. The van der Waals surface area contributed by atoms with Crippen LogP contribution >= 0.6 is 0 Å². The topological polar surface area (TPSA) is 126 Å². The highest BCUT2D eigenvalue weighted by molar-refractivity contribution is 5.97. The Labute approximate surface area is 225 Å². The van der Waals surface area contributed by atoms with Crippen LogP contribution in [0.3, 0.4) is 0 Å². The molecule has 1 aliphatic rings. The Bertz CT molecular complexity index is 1520. The standard InChI is InChI=1S/C24H22F8N6O3/c1-10-12(21(40)36-16-8-37(7-15(16)26)18(39)6-22(2,41)24(30,31)32)3-11(4-14(10)25)17-5-13(23(27,28)29)19-20(33)34-9-35-38(17)19/h3-5,9,15-16,41H,6-8H2,1-2H3,(H,36,40)(H2,33,34,35)/t15-,16+,22?/m0/s1. The molecule has 0 bridgehead atoms. The summed E-state index contributed by atoms with van der Waals surface area (Å²) in [6.45, 7) is 0.365. The molecule has 0 saturated carbocycles. The summed E-state index contributed by atoms with van der Waals surface area (Å²) in [7, 11) is 0. The van der Waals surface area contributed by atoms with E-state index in [1.807, 2.05) is 0 Å². The van der Waals surface area contributed by atoms with Gasteiger partial charge in [0.15, 0.2) is 11.4 Å². The van der Waals surface area contributed by atoms with Gasteiger partial charge in [-0.15, -0.1) is 0 Å². The van der Waals surface area contributed by atoms with Crippen molar-refractivity contribution in [1.82, 2.24) is 24.8 Å². The molecule has 0 radical (unpaired) electrons. The average Bonchev–Trinajstić information content (AvgIpc) is 3.41. The van der Waals surface area contributed by atoms with Crippen molar-refractivity contribution in [3.8, 4) is 11.3 Å². The van der Waals surface area contributed by atoms with E-state index in [1.165, 1.54) is 6.92 Å². The summed E-state index contributed by atoms with van der Waals surface area (Å²) in [6.07, 6.45) is -12.4. The SMILES string of the molecule is Cc1c(F)cc(-c2cc(C(F)(F)F)c3c(N)ncnn23)cc1C(=O)N[C@@H]1CN(C(=O)CC(C)(O)C(F)(F)F)C[C@@H]1F. The third-order valence-electron chi connectivity index (χ3n) is 6.80. The molecule has 2 amide bonds. The Balaban J connectivity index is 1.61. The first-order valence-electron chi connectivity index (χ1n) is 11.8. The Kier molecular flexibility index (Phi) is 7.39. The van der Waals surface area contributed by atoms with Gasteiger partial charge in [0, 0.05) is 17.7 Å². The van der Waals surface area contributed by atoms with Gasteiger partial charge >= 0.3 is 12.4 Å². The number of carbonyl (C=O) groups excluding carboxylic acids is 2. The molecular formula is C24H22F8N6O3. The number of anilines is 1. The number of aliphatic hydroxyl groups is 1. The van der Waals surface area contributed by atoms with Gasteiger partial charge in [-0.25, -0.2) is 18.3 Å². The third-order valence-corrected chi connectivity index (χ3v) is 6.80. The maximum atomic E-state index is 14.9. The van der Waals surface area contributed by atoms with Crippen LogP contribution in [0.2, 0.25) is 0 Å². The lowest BCUT2D eigenvalue weighted by molar-refractivity contribution is -0.254. The summed E-state index contributed by atoms with van der Waals surface area (Å²) in [5.41, 5.74) is -0.663. The van der Waals surface area contributed by atoms with Gasteiger partial charge in [-0.2, -0.15) is 31.4 Å². The summed E-state index contributed by atoms with van der Waals surface area (Å²) in [5, 5.41) is 15.6. The molecule has 9 nitrogen and oxygen atoms in total. The van der Waals surface area contributed by atoms with Crippen molar-refractivity contribution < 1.29 is 49.8 Å². The van der Waals surface area contributed by atoms with Crippen LogP contribution in [0.15, 0.2) is 24.5 Å². The maximum Gasteiger partial charge on any atom is 0.418 e. The highest BCUT2D eigenvalue weighted by Gasteiger charge is 2.52. The van der Waals surface area contributed by atoms with Crippen LogP contribution in [0.1, 0.15) is 34.8 Å². The van der Waals surface area contributed by atoms with Gasteiger partial charge < -0.3 is 21.1 Å². The number of nitrogens with zero attached hydrogens (tertiary/aromatic N) is 4. The van der Waals surface area contributed by atoms with Crippen LogP contribution in [0.5, 0.6) is 0 Å². The zero-order chi connectivity index (χ0) is 30.7. The lowest BCUT2D eigenvalue weighted by Gasteiger charge is -2.27. The largest absolute Gasteiger partial charge is 0.418 e. The number of aromatic nitrogens is 3. The highest BCUT2D eigenvalue weighted by atomic mass is 19.4. The van der Waals surface area contributed by atoms with Gasteiger partial charge in [-0.3, -0.25) is 9.59 Å². The molecule has 4 N–H and O–H groups in total. The molecule has 222 valence electrons. The van der Waals surface area contributed by atoms with Gasteiger partial charge in [0.2, 0.25) is 5.91 Å². The third kappa shape index (κ3) is 5.62. The van der Waals surface area contributed by atoms with E-state index >= 15 is 0 Å². The number of alkyl halides is 7. The molecule has 41 heavy (non-hydrogen) atoms. The number of hydrogen-bond donors (Lipinski definition) is 3. The van der Waals surface area contributed by atoms with E-state index in [0.29, 0.717) is 17.9 Å². The molecule has 1 unspecified atom stereocenters. The molecule has 1 saturated heterocycles. The number of benzene rings is 1. The second kappa shape index (κ2) is 10.1. The first-order valence-corrected chi connectivity index (χ1v) is 11.8. The van der Waals surface area contributed by atoms with Crippen LogP contribution in [0.25, 0.3) is 16.8 Å². The number of carbonyl (C=O) groups is 2. The molecule has 3 atom stereocenters. The predicted octanol–water partition coefficient (Wildman–Crippen LogP) is 3.43. The van der Waals surface area contributed by atoms with Gasteiger partial charge in [0.05, 0.1) is 30.3 Å². The average molecular weight is 594 g/mol. The number of nitrogen functional groups attached to an aromatic ring is 1. The van der Waals surface area contributed by atoms with Gasteiger partial charge in [0.1, 0.15) is 23.8 Å². The summed E-state index contributed by atoms with van der Waals surface area (Å²) in [5.74, 6) is -3.76. The van der Waals surface area contributed by atoms with E-state index in [-0.39, 0.29) is 22.4 Å². The number of nitrogens with two attached hydrogens (primary N) is 1. The van der Waals surface area contributed by atoms with Crippen molar-refractivity contribution in [2.24, 2.45) is 0 Å². The number of likely N-dealkylation sites (tertiary alicyclic amines) is 1. The van der Waals surface area contributed by atoms with Crippen LogP contribution in [-0.4, -0.2) is 73.5 Å². The quantitative estimate of drug-likeness (QED) is 0.389. The molecule has 1 aromatic carbocycles. The zero-order valence-corrected chi connectivity index (χ0v) is 21.2. The highest BCUT2D eigenvalue weighted by Crippen LogP contribution is 2.39. The number of fused-ring (bicyclic) bond motifs is 1. The Hall–Kier alpha value is -4.02. The van der Waals surface area contributed by atoms with E-state index in [0.717, 1.165) is 23.0 Å². The van der Waals surface area contributed by atoms with Gasteiger partial charge in [0.25, 0.3) is 5.91 Å². The lowest BCUT2D eigenvalue weighted by atomic mass is 10.0. The summed E-state index contributed by atoms with van der Waals surface area (Å²) >= 11 is 0. The van der Waals surface area contributed by atoms with E-state index < -0.39 is 84.2 Å². The molecule has 0 aliphatic carbocycles. The van der Waals surface area contributed by atoms with E-state index in [4.69, 9.17) is 5.73 Å². The van der Waals surface area contributed by atoms with Crippen LogP contribution < -0.4 is 11.1 Å². The van der Waals surface area contributed by atoms with E-state index in [2.05, 4.69) is 15.4 Å². The monoisotopic (exact) mass is 594 g/mol. The zero-order valence-electron chi connectivity index (χ0n) is 21.2. The molecule has 4 rings (SSSR count). The first kappa shape index (κ1) is 30.0. The number of hydrogen-bond acceptors (Lipinski definition) is 6. The predicted molar refractivity (Wildman–Crippen MR) is 127 cm³/mol. The van der Waals surface area contributed by atoms with Crippen LogP contribution in [-0.2, 0) is 11.0 Å². The maximum absolute atomic E-state index is 14.9. The molecule has 17 heteroatoms. The fourth-order valence-corrected chi connectivity index (χ4v) is 4.41. The van der Waals surface area contributed by atoms with Crippen LogP contribution in [0, 0.1) is 12.7 Å². The van der Waals surface area contributed by atoms with E-state index in [1.54, 1.807) is 0 Å². The Morgan fingerprint density at radius 3 is 2.41 bits per heavy atom. The van der Waals surface area contributed by atoms with Crippen molar-refractivity contribution in [1.29, 1.82) is 0 Å². The van der Waals surface area contributed by atoms with Gasteiger partial charge in [-0.1, -0.05) is 0 Å². The summed E-state index contributed by atoms with van der Waals surface area (Å²) in [6, 6.07) is 1.17. The summed E-state index contributed by atoms with van der Waals surface area (Å²) in [4.78, 5) is 29.6. The number of nitrogens with one attached hydrogen (secondary N) is 1. The fourth-order valence-electron chi connectivity index (χ4n) is 4.41. The van der Waals surface area contributed by atoms with Crippen molar-refractivity contribution >= 4 is 23.1 Å². The minimum absolute atomic E-state index is 0.212. The van der Waals surface area contributed by atoms with Crippen molar-refractivity contribution in [2.45, 2.75) is 50.4 Å². The Morgan fingerprint density at radius 2 is 1.80 bits per heavy atom. The summed E-state index contributed by atoms with van der Waals surface area (Å²) < 4.78 is 110. The van der Waals surface area contributed by atoms with Crippen molar-refractivity contribution in [3.05, 3.63) is 47.0 Å².